The van der Waals surface area contributed by atoms with Gasteiger partial charge in [0.2, 0.25) is 0 Å². The van der Waals surface area contributed by atoms with Gasteiger partial charge in [-0.25, -0.2) is 0 Å². The number of morpholine rings is 1. The molecule has 0 N–H and O–H groups in total. The van der Waals surface area contributed by atoms with Crippen molar-refractivity contribution in [1.29, 1.82) is 0 Å². The summed E-state index contributed by atoms with van der Waals surface area (Å²) in [5.41, 5.74) is 2.39. The van der Waals surface area contributed by atoms with Crippen LogP contribution in [0.25, 0.3) is 0 Å². The number of ether oxygens (including phenoxy) is 1. The fraction of sp³-hybridized carbons (Fsp3) is 0.333. The summed E-state index contributed by atoms with van der Waals surface area (Å²) in [5.74, 6) is 0. The van der Waals surface area contributed by atoms with Crippen LogP contribution in [0.4, 0.5) is 5.69 Å². The first-order valence-electron chi connectivity index (χ1n) is 6.57. The molecule has 4 heteroatoms. The Bertz CT molecular complexity index is 503. The Hall–Kier alpha value is -1.94. The van der Waals surface area contributed by atoms with E-state index in [0.29, 0.717) is 0 Å². The van der Waals surface area contributed by atoms with E-state index in [1.807, 2.05) is 24.5 Å². The summed E-state index contributed by atoms with van der Waals surface area (Å²) >= 11 is 0. The van der Waals surface area contributed by atoms with E-state index in [4.69, 9.17) is 4.74 Å². The number of rotatable bonds is 3. The minimum Gasteiger partial charge on any atom is -0.374 e. The zero-order valence-electron chi connectivity index (χ0n) is 10.8. The van der Waals surface area contributed by atoms with Crippen molar-refractivity contribution >= 4 is 5.69 Å². The van der Waals surface area contributed by atoms with Crippen LogP contribution in [0.2, 0.25) is 0 Å². The highest BCUT2D eigenvalue weighted by Crippen LogP contribution is 2.17. The quantitative estimate of drug-likeness (QED) is 0.840. The molecule has 0 aromatic carbocycles. The third kappa shape index (κ3) is 3.09. The SMILES string of the molecule is c1cncc(C[C@@H]2CN(c3cccnc3)CCO2)c1. The van der Waals surface area contributed by atoms with Gasteiger partial charge in [-0.3, -0.25) is 9.97 Å². The van der Waals surface area contributed by atoms with Crippen LogP contribution in [0.15, 0.2) is 49.1 Å². The molecule has 0 bridgehead atoms. The van der Waals surface area contributed by atoms with Crippen molar-refractivity contribution < 1.29 is 4.74 Å². The van der Waals surface area contributed by atoms with Gasteiger partial charge >= 0.3 is 0 Å². The first-order chi connectivity index (χ1) is 9.42. The maximum Gasteiger partial charge on any atom is 0.0791 e. The highest BCUT2D eigenvalue weighted by Gasteiger charge is 2.21. The second-order valence-electron chi connectivity index (χ2n) is 4.72. The van der Waals surface area contributed by atoms with Gasteiger partial charge in [-0.2, -0.15) is 0 Å². The summed E-state index contributed by atoms with van der Waals surface area (Å²) in [6.45, 7) is 2.59. The zero-order valence-corrected chi connectivity index (χ0v) is 10.8. The first kappa shape index (κ1) is 12.1. The lowest BCUT2D eigenvalue weighted by atomic mass is 10.1. The van der Waals surface area contributed by atoms with Crippen LogP contribution in [0.1, 0.15) is 5.56 Å². The van der Waals surface area contributed by atoms with Crippen molar-refractivity contribution in [1.82, 2.24) is 9.97 Å². The topological polar surface area (TPSA) is 38.2 Å². The molecule has 0 saturated carbocycles. The number of aromatic nitrogens is 2. The fourth-order valence-electron chi connectivity index (χ4n) is 2.40. The lowest BCUT2D eigenvalue weighted by Crippen LogP contribution is -2.43. The summed E-state index contributed by atoms with van der Waals surface area (Å²) in [5, 5.41) is 0. The standard InChI is InChI=1S/C15H17N3O/c1-3-13(10-16-5-1)9-15-12-18(7-8-19-15)14-4-2-6-17-11-14/h1-6,10-11,15H,7-9,12H2/t15-/m1/s1. The molecule has 1 saturated heterocycles. The van der Waals surface area contributed by atoms with E-state index in [2.05, 4.69) is 27.0 Å². The smallest absolute Gasteiger partial charge is 0.0791 e. The van der Waals surface area contributed by atoms with Gasteiger partial charge in [0.1, 0.15) is 0 Å². The third-order valence-corrected chi connectivity index (χ3v) is 3.34. The molecule has 19 heavy (non-hydrogen) atoms. The Kier molecular flexibility index (Phi) is 3.70. The molecule has 1 aliphatic heterocycles. The van der Waals surface area contributed by atoms with Gasteiger partial charge in [-0.15, -0.1) is 0 Å². The molecule has 2 aromatic rings. The maximum absolute atomic E-state index is 5.84. The summed E-state index contributed by atoms with van der Waals surface area (Å²) in [4.78, 5) is 10.7. The second kappa shape index (κ2) is 5.80. The van der Waals surface area contributed by atoms with E-state index >= 15 is 0 Å². The molecule has 0 unspecified atom stereocenters. The highest BCUT2D eigenvalue weighted by atomic mass is 16.5. The van der Waals surface area contributed by atoms with E-state index in [1.165, 1.54) is 11.3 Å². The van der Waals surface area contributed by atoms with Crippen LogP contribution < -0.4 is 4.90 Å². The minimum absolute atomic E-state index is 0.221. The minimum atomic E-state index is 0.221. The molecule has 3 rings (SSSR count). The molecule has 3 heterocycles. The average molecular weight is 255 g/mol. The predicted molar refractivity (Wildman–Crippen MR) is 74.1 cm³/mol. The molecule has 98 valence electrons. The first-order valence-corrected chi connectivity index (χ1v) is 6.57. The van der Waals surface area contributed by atoms with Crippen molar-refractivity contribution in [2.24, 2.45) is 0 Å². The largest absolute Gasteiger partial charge is 0.374 e. The van der Waals surface area contributed by atoms with Crippen molar-refractivity contribution in [3.8, 4) is 0 Å². The Morgan fingerprint density at radius 2 is 2.00 bits per heavy atom. The van der Waals surface area contributed by atoms with Crippen LogP contribution >= 0.6 is 0 Å². The van der Waals surface area contributed by atoms with E-state index in [0.717, 1.165) is 26.1 Å². The molecule has 0 amide bonds. The van der Waals surface area contributed by atoms with Gasteiger partial charge in [0.15, 0.2) is 0 Å². The van der Waals surface area contributed by atoms with E-state index < -0.39 is 0 Å². The number of hydrogen-bond donors (Lipinski definition) is 0. The highest BCUT2D eigenvalue weighted by molar-refractivity contribution is 5.44. The van der Waals surface area contributed by atoms with Crippen LogP contribution in [0.3, 0.4) is 0 Å². The summed E-state index contributed by atoms with van der Waals surface area (Å²) in [6.07, 6.45) is 8.55. The molecule has 4 nitrogen and oxygen atoms in total. The second-order valence-corrected chi connectivity index (χ2v) is 4.72. The summed E-state index contributed by atoms with van der Waals surface area (Å²) < 4.78 is 5.84. The van der Waals surface area contributed by atoms with E-state index in [9.17, 15) is 0 Å². The number of nitrogens with zero attached hydrogens (tertiary/aromatic N) is 3. The molecule has 1 aliphatic rings. The van der Waals surface area contributed by atoms with Crippen LogP contribution in [0, 0.1) is 0 Å². The molecular weight excluding hydrogens is 238 g/mol. The van der Waals surface area contributed by atoms with Gasteiger partial charge in [0, 0.05) is 38.1 Å². The van der Waals surface area contributed by atoms with Gasteiger partial charge in [-0.1, -0.05) is 6.07 Å². The maximum atomic E-state index is 5.84. The van der Waals surface area contributed by atoms with Crippen LogP contribution in [0.5, 0.6) is 0 Å². The number of anilines is 1. The monoisotopic (exact) mass is 255 g/mol. The molecule has 2 aromatic heterocycles. The Balaban J connectivity index is 1.65. The lowest BCUT2D eigenvalue weighted by molar-refractivity contribution is 0.0410. The summed E-state index contributed by atoms with van der Waals surface area (Å²) in [6, 6.07) is 8.14. The Labute approximate surface area is 113 Å². The van der Waals surface area contributed by atoms with E-state index in [-0.39, 0.29) is 6.10 Å². The molecule has 0 radical (unpaired) electrons. The molecule has 1 atom stereocenters. The number of hydrogen-bond acceptors (Lipinski definition) is 4. The summed E-state index contributed by atoms with van der Waals surface area (Å²) in [7, 11) is 0. The van der Waals surface area contributed by atoms with Gasteiger partial charge < -0.3 is 9.64 Å². The van der Waals surface area contributed by atoms with Gasteiger partial charge in [0.25, 0.3) is 0 Å². The molecular formula is C15H17N3O. The third-order valence-electron chi connectivity index (χ3n) is 3.34. The fourth-order valence-corrected chi connectivity index (χ4v) is 2.40. The van der Waals surface area contributed by atoms with Crippen molar-refractivity contribution in [3.63, 3.8) is 0 Å². The molecule has 0 aliphatic carbocycles. The van der Waals surface area contributed by atoms with Gasteiger partial charge in [0.05, 0.1) is 24.6 Å². The molecule has 0 spiro atoms. The Morgan fingerprint density at radius 3 is 2.74 bits per heavy atom. The average Bonchev–Trinajstić information content (AvgIpc) is 2.49. The predicted octanol–water partition coefficient (Wildman–Crippen LogP) is 1.92. The normalized spacial score (nSPS) is 19.4. The van der Waals surface area contributed by atoms with Crippen molar-refractivity contribution in [2.75, 3.05) is 24.6 Å². The van der Waals surface area contributed by atoms with Gasteiger partial charge in [-0.05, 0) is 23.8 Å². The van der Waals surface area contributed by atoms with Crippen LogP contribution in [-0.2, 0) is 11.2 Å². The Morgan fingerprint density at radius 1 is 1.16 bits per heavy atom. The van der Waals surface area contributed by atoms with E-state index in [1.54, 1.807) is 12.4 Å². The van der Waals surface area contributed by atoms with Crippen molar-refractivity contribution in [3.05, 3.63) is 54.6 Å². The molecule has 1 fully saturated rings. The van der Waals surface area contributed by atoms with Crippen LogP contribution in [-0.4, -0.2) is 35.8 Å². The lowest BCUT2D eigenvalue weighted by Gasteiger charge is -2.34. The van der Waals surface area contributed by atoms with Crippen molar-refractivity contribution in [2.45, 2.75) is 12.5 Å². The zero-order chi connectivity index (χ0) is 12.9. The number of pyridine rings is 2.